The van der Waals surface area contributed by atoms with Gasteiger partial charge in [-0.1, -0.05) is 29.3 Å². The van der Waals surface area contributed by atoms with Crippen LogP contribution < -0.4 is 0 Å². The van der Waals surface area contributed by atoms with Crippen LogP contribution in [0, 0.1) is 0 Å². The summed E-state index contributed by atoms with van der Waals surface area (Å²) in [4.78, 5) is 16.5. The molecule has 1 aliphatic heterocycles. The molecule has 4 nitrogen and oxygen atoms in total. The van der Waals surface area contributed by atoms with Crippen molar-refractivity contribution in [1.29, 1.82) is 0 Å². The Bertz CT molecular complexity index is 462. The number of amides is 1. The second-order valence-electron chi connectivity index (χ2n) is 4.81. The summed E-state index contributed by atoms with van der Waals surface area (Å²) >= 11 is 12.2. The Morgan fingerprint density at radius 3 is 2.50 bits per heavy atom. The topological polar surface area (TPSA) is 43.8 Å². The molecule has 0 unspecified atom stereocenters. The van der Waals surface area contributed by atoms with E-state index in [1.54, 1.807) is 23.1 Å². The first-order valence-corrected chi connectivity index (χ1v) is 7.45. The molecule has 1 heterocycles. The zero-order valence-corrected chi connectivity index (χ0v) is 12.7. The number of aliphatic hydroxyl groups is 1. The summed E-state index contributed by atoms with van der Waals surface area (Å²) < 4.78 is 0. The first-order valence-electron chi connectivity index (χ1n) is 6.70. The first kappa shape index (κ1) is 15.6. The van der Waals surface area contributed by atoms with Gasteiger partial charge in [-0.2, -0.15) is 0 Å². The highest BCUT2D eigenvalue weighted by atomic mass is 35.5. The molecule has 0 aromatic heterocycles. The molecule has 110 valence electrons. The average molecular weight is 317 g/mol. The number of hydrogen-bond donors (Lipinski definition) is 1. The summed E-state index contributed by atoms with van der Waals surface area (Å²) in [6.07, 6.45) is 0.883. The Balaban J connectivity index is 2.10. The predicted molar refractivity (Wildman–Crippen MR) is 80.5 cm³/mol. The van der Waals surface area contributed by atoms with E-state index >= 15 is 0 Å². The Hall–Kier alpha value is -0.810. The number of benzene rings is 1. The molecule has 1 aliphatic rings. The number of aliphatic hydroxyl groups excluding tert-OH is 1. The van der Waals surface area contributed by atoms with Gasteiger partial charge in [-0.25, -0.2) is 0 Å². The van der Waals surface area contributed by atoms with Gasteiger partial charge in [0.05, 0.1) is 22.2 Å². The minimum absolute atomic E-state index is 0.119. The van der Waals surface area contributed by atoms with Crippen molar-refractivity contribution in [2.24, 2.45) is 0 Å². The van der Waals surface area contributed by atoms with Crippen molar-refractivity contribution >= 4 is 29.1 Å². The maximum Gasteiger partial charge on any atom is 0.256 e. The van der Waals surface area contributed by atoms with Crippen LogP contribution >= 0.6 is 23.2 Å². The molecule has 0 radical (unpaired) electrons. The smallest absolute Gasteiger partial charge is 0.256 e. The summed E-state index contributed by atoms with van der Waals surface area (Å²) in [6.45, 7) is 3.75. The van der Waals surface area contributed by atoms with Crippen LogP contribution in [0.25, 0.3) is 0 Å². The van der Waals surface area contributed by atoms with Crippen LogP contribution in [-0.4, -0.2) is 60.1 Å². The SMILES string of the molecule is O=C(c1c(Cl)cccc1Cl)N1CCCN(CCO)CC1. The molecule has 1 aromatic carbocycles. The number of β-amino-alcohol motifs (C(OH)–C–C–N with tert-alkyl or cyclic N) is 1. The molecule has 6 heteroatoms. The fraction of sp³-hybridized carbons (Fsp3) is 0.500. The predicted octanol–water partition coefficient (Wildman–Crippen LogP) is 2.13. The standard InChI is InChI=1S/C14H18Cl2N2O2/c15-11-3-1-4-12(16)13(11)14(20)18-6-2-5-17(7-8-18)9-10-19/h1,3-4,19H,2,5-10H2. The minimum Gasteiger partial charge on any atom is -0.395 e. The van der Waals surface area contributed by atoms with Crippen LogP contribution in [0.2, 0.25) is 10.0 Å². The van der Waals surface area contributed by atoms with Crippen LogP contribution in [0.1, 0.15) is 16.8 Å². The highest BCUT2D eigenvalue weighted by Gasteiger charge is 2.23. The van der Waals surface area contributed by atoms with Gasteiger partial charge in [0.25, 0.3) is 5.91 Å². The lowest BCUT2D eigenvalue weighted by molar-refractivity contribution is 0.0761. The van der Waals surface area contributed by atoms with E-state index in [1.807, 2.05) is 0 Å². The summed E-state index contributed by atoms with van der Waals surface area (Å²) in [5.74, 6) is -0.119. The Morgan fingerprint density at radius 2 is 1.85 bits per heavy atom. The molecule has 1 aromatic rings. The minimum atomic E-state index is -0.119. The quantitative estimate of drug-likeness (QED) is 0.929. The second kappa shape index (κ2) is 7.27. The van der Waals surface area contributed by atoms with Gasteiger partial charge in [-0.3, -0.25) is 9.69 Å². The van der Waals surface area contributed by atoms with Crippen molar-refractivity contribution in [2.45, 2.75) is 6.42 Å². The third-order valence-electron chi connectivity index (χ3n) is 3.47. The van der Waals surface area contributed by atoms with E-state index in [9.17, 15) is 4.79 Å². The van der Waals surface area contributed by atoms with E-state index < -0.39 is 0 Å². The number of hydrogen-bond acceptors (Lipinski definition) is 3. The third kappa shape index (κ3) is 3.64. The molecule has 0 atom stereocenters. The van der Waals surface area contributed by atoms with Gasteiger partial charge in [-0.05, 0) is 25.1 Å². The van der Waals surface area contributed by atoms with E-state index in [-0.39, 0.29) is 12.5 Å². The molecule has 0 saturated carbocycles. The van der Waals surface area contributed by atoms with Crippen molar-refractivity contribution in [3.63, 3.8) is 0 Å². The van der Waals surface area contributed by atoms with Gasteiger partial charge in [0.2, 0.25) is 0 Å². The van der Waals surface area contributed by atoms with Crippen LogP contribution in [0.5, 0.6) is 0 Å². The first-order chi connectivity index (χ1) is 9.63. The fourth-order valence-electron chi connectivity index (χ4n) is 2.40. The van der Waals surface area contributed by atoms with E-state index in [1.165, 1.54) is 0 Å². The Labute approximate surface area is 128 Å². The fourth-order valence-corrected chi connectivity index (χ4v) is 2.96. The molecule has 0 aliphatic carbocycles. The summed E-state index contributed by atoms with van der Waals surface area (Å²) in [5.41, 5.74) is 0.381. The lowest BCUT2D eigenvalue weighted by atomic mass is 10.2. The highest BCUT2D eigenvalue weighted by Crippen LogP contribution is 2.26. The summed E-state index contributed by atoms with van der Waals surface area (Å²) in [5, 5.41) is 9.75. The van der Waals surface area contributed by atoms with Gasteiger partial charge in [-0.15, -0.1) is 0 Å². The van der Waals surface area contributed by atoms with Crippen molar-refractivity contribution in [3.05, 3.63) is 33.8 Å². The molecule has 1 amide bonds. The van der Waals surface area contributed by atoms with Gasteiger partial charge in [0, 0.05) is 26.2 Å². The van der Waals surface area contributed by atoms with E-state index in [2.05, 4.69) is 4.90 Å². The average Bonchev–Trinajstić information content (AvgIpc) is 2.64. The molecule has 1 fully saturated rings. The molecule has 1 saturated heterocycles. The summed E-state index contributed by atoms with van der Waals surface area (Å²) in [7, 11) is 0. The van der Waals surface area contributed by atoms with Gasteiger partial charge < -0.3 is 10.0 Å². The maximum absolute atomic E-state index is 12.5. The van der Waals surface area contributed by atoms with Crippen LogP contribution in [-0.2, 0) is 0 Å². The van der Waals surface area contributed by atoms with Crippen molar-refractivity contribution in [3.8, 4) is 0 Å². The summed E-state index contributed by atoms with van der Waals surface area (Å²) in [6, 6.07) is 5.08. The Morgan fingerprint density at radius 1 is 1.15 bits per heavy atom. The Kier molecular flexibility index (Phi) is 5.66. The lowest BCUT2D eigenvalue weighted by Gasteiger charge is -2.22. The normalized spacial score (nSPS) is 17.1. The van der Waals surface area contributed by atoms with Gasteiger partial charge >= 0.3 is 0 Å². The zero-order chi connectivity index (χ0) is 14.5. The molecule has 1 N–H and O–H groups in total. The zero-order valence-electron chi connectivity index (χ0n) is 11.2. The second-order valence-corrected chi connectivity index (χ2v) is 5.62. The molecular weight excluding hydrogens is 299 g/mol. The maximum atomic E-state index is 12.5. The molecule has 2 rings (SSSR count). The molecule has 20 heavy (non-hydrogen) atoms. The highest BCUT2D eigenvalue weighted by molar-refractivity contribution is 6.39. The number of carbonyl (C=O) groups excluding carboxylic acids is 1. The van der Waals surface area contributed by atoms with Crippen molar-refractivity contribution in [2.75, 3.05) is 39.3 Å². The molecular formula is C14H18Cl2N2O2. The monoisotopic (exact) mass is 316 g/mol. The largest absolute Gasteiger partial charge is 0.395 e. The van der Waals surface area contributed by atoms with E-state index in [4.69, 9.17) is 28.3 Å². The van der Waals surface area contributed by atoms with Gasteiger partial charge in [0.15, 0.2) is 0 Å². The van der Waals surface area contributed by atoms with Crippen molar-refractivity contribution in [1.82, 2.24) is 9.80 Å². The number of rotatable bonds is 3. The number of nitrogens with zero attached hydrogens (tertiary/aromatic N) is 2. The number of halogens is 2. The molecule has 0 spiro atoms. The van der Waals surface area contributed by atoms with Crippen molar-refractivity contribution < 1.29 is 9.90 Å². The van der Waals surface area contributed by atoms with Crippen LogP contribution in [0.3, 0.4) is 0 Å². The van der Waals surface area contributed by atoms with Gasteiger partial charge in [0.1, 0.15) is 0 Å². The number of carbonyl (C=O) groups is 1. The lowest BCUT2D eigenvalue weighted by Crippen LogP contribution is -2.36. The van der Waals surface area contributed by atoms with Crippen LogP contribution in [0.4, 0.5) is 0 Å². The molecule has 0 bridgehead atoms. The van der Waals surface area contributed by atoms with E-state index in [0.29, 0.717) is 35.2 Å². The third-order valence-corrected chi connectivity index (χ3v) is 4.10. The van der Waals surface area contributed by atoms with Crippen LogP contribution in [0.15, 0.2) is 18.2 Å². The van der Waals surface area contributed by atoms with E-state index in [0.717, 1.165) is 19.5 Å².